The fourth-order valence-electron chi connectivity index (χ4n) is 2.09. The predicted molar refractivity (Wildman–Crippen MR) is 69.8 cm³/mol. The van der Waals surface area contributed by atoms with Gasteiger partial charge in [0, 0.05) is 24.9 Å². The molecule has 1 fully saturated rings. The number of rotatable bonds is 3. The predicted octanol–water partition coefficient (Wildman–Crippen LogP) is 1.92. The van der Waals surface area contributed by atoms with Crippen molar-refractivity contribution in [3.63, 3.8) is 0 Å². The van der Waals surface area contributed by atoms with Gasteiger partial charge in [0.15, 0.2) is 5.13 Å². The Hall–Kier alpha value is -1.10. The fraction of sp³-hybridized carbons (Fsp3) is 0.667. The summed E-state index contributed by atoms with van der Waals surface area (Å²) >= 11 is 1.43. The van der Waals surface area contributed by atoms with E-state index in [1.54, 1.807) is 0 Å². The lowest BCUT2D eigenvalue weighted by atomic mass is 9.99. The van der Waals surface area contributed by atoms with E-state index >= 15 is 0 Å². The first-order chi connectivity index (χ1) is 8.15. The van der Waals surface area contributed by atoms with Gasteiger partial charge in [-0.05, 0) is 25.2 Å². The summed E-state index contributed by atoms with van der Waals surface area (Å²) in [6.45, 7) is 4.08. The molecule has 2 N–H and O–H groups in total. The molecule has 0 unspecified atom stereocenters. The molecule has 4 nitrogen and oxygen atoms in total. The number of hydrogen-bond donors (Lipinski definition) is 1. The van der Waals surface area contributed by atoms with Crippen molar-refractivity contribution in [1.29, 1.82) is 0 Å². The first-order valence-corrected chi connectivity index (χ1v) is 7.01. The topological polar surface area (TPSA) is 59.2 Å². The summed E-state index contributed by atoms with van der Waals surface area (Å²) in [5.74, 6) is 1.01. The maximum atomic E-state index is 12.0. The van der Waals surface area contributed by atoms with E-state index in [9.17, 15) is 4.79 Å². The number of hydrogen-bond acceptors (Lipinski definition) is 4. The number of likely N-dealkylation sites (tertiary alicyclic amines) is 1. The van der Waals surface area contributed by atoms with E-state index in [1.165, 1.54) is 11.3 Å². The van der Waals surface area contributed by atoms with Crippen LogP contribution in [0.5, 0.6) is 0 Å². The third-order valence-electron chi connectivity index (χ3n) is 3.30. The Labute approximate surface area is 106 Å². The highest BCUT2D eigenvalue weighted by molar-refractivity contribution is 7.13. The zero-order valence-corrected chi connectivity index (χ0v) is 11.0. The summed E-state index contributed by atoms with van der Waals surface area (Å²) in [6.07, 6.45) is 3.53. The van der Waals surface area contributed by atoms with E-state index in [0.29, 0.717) is 18.0 Å². The van der Waals surface area contributed by atoms with E-state index in [1.807, 2.05) is 10.3 Å². The number of carbonyl (C=O) groups excluding carboxylic acids is 1. The van der Waals surface area contributed by atoms with Crippen molar-refractivity contribution in [2.75, 3.05) is 18.8 Å². The maximum Gasteiger partial charge on any atom is 0.222 e. The van der Waals surface area contributed by atoms with E-state index in [0.717, 1.165) is 37.5 Å². The van der Waals surface area contributed by atoms with Crippen LogP contribution in [0.2, 0.25) is 0 Å². The molecule has 1 aliphatic heterocycles. The van der Waals surface area contributed by atoms with Crippen LogP contribution in [-0.4, -0.2) is 28.9 Å². The molecule has 17 heavy (non-hydrogen) atoms. The van der Waals surface area contributed by atoms with Crippen molar-refractivity contribution < 1.29 is 4.79 Å². The Balaban J connectivity index is 1.77. The molecule has 1 aliphatic rings. The van der Waals surface area contributed by atoms with Crippen molar-refractivity contribution in [3.8, 4) is 0 Å². The highest BCUT2D eigenvalue weighted by Crippen LogP contribution is 2.18. The molecule has 1 saturated heterocycles. The van der Waals surface area contributed by atoms with Crippen molar-refractivity contribution in [3.05, 3.63) is 11.1 Å². The van der Waals surface area contributed by atoms with Crippen molar-refractivity contribution in [2.45, 2.75) is 32.6 Å². The minimum absolute atomic E-state index is 0.253. The van der Waals surface area contributed by atoms with Gasteiger partial charge in [-0.25, -0.2) is 4.98 Å². The molecule has 0 radical (unpaired) electrons. The number of nitrogen functional groups attached to an aromatic ring is 1. The molecule has 94 valence electrons. The monoisotopic (exact) mass is 253 g/mol. The summed E-state index contributed by atoms with van der Waals surface area (Å²) in [7, 11) is 0. The van der Waals surface area contributed by atoms with Crippen LogP contribution in [0.15, 0.2) is 5.38 Å². The second-order valence-electron chi connectivity index (χ2n) is 4.74. The van der Waals surface area contributed by atoms with Crippen molar-refractivity contribution >= 4 is 22.4 Å². The number of aromatic nitrogens is 1. The van der Waals surface area contributed by atoms with Crippen molar-refractivity contribution in [2.24, 2.45) is 5.92 Å². The Kier molecular flexibility index (Phi) is 3.99. The van der Waals surface area contributed by atoms with E-state index in [4.69, 9.17) is 5.73 Å². The summed E-state index contributed by atoms with van der Waals surface area (Å²) in [6, 6.07) is 0. The quantitative estimate of drug-likeness (QED) is 0.895. The normalized spacial score (nSPS) is 17.4. The van der Waals surface area contributed by atoms with Gasteiger partial charge in [-0.15, -0.1) is 11.3 Å². The van der Waals surface area contributed by atoms with Crippen LogP contribution in [0.3, 0.4) is 0 Å². The minimum atomic E-state index is 0.253. The van der Waals surface area contributed by atoms with Gasteiger partial charge in [0.25, 0.3) is 0 Å². The van der Waals surface area contributed by atoms with Crippen LogP contribution in [0.25, 0.3) is 0 Å². The number of carbonyl (C=O) groups is 1. The highest BCUT2D eigenvalue weighted by Gasteiger charge is 2.19. The number of piperidine rings is 1. The smallest absolute Gasteiger partial charge is 0.222 e. The second kappa shape index (κ2) is 5.49. The number of amides is 1. The first kappa shape index (κ1) is 12.4. The molecule has 0 bridgehead atoms. The molecule has 0 spiro atoms. The lowest BCUT2D eigenvalue weighted by Crippen LogP contribution is -2.38. The molecule has 1 aromatic rings. The van der Waals surface area contributed by atoms with E-state index in [-0.39, 0.29) is 5.91 Å². The third kappa shape index (κ3) is 3.43. The van der Waals surface area contributed by atoms with Crippen LogP contribution in [0.1, 0.15) is 31.9 Å². The fourth-order valence-corrected chi connectivity index (χ4v) is 2.69. The van der Waals surface area contributed by atoms with Crippen LogP contribution in [0.4, 0.5) is 5.13 Å². The van der Waals surface area contributed by atoms with Gasteiger partial charge in [-0.3, -0.25) is 4.79 Å². The first-order valence-electron chi connectivity index (χ1n) is 6.13. The van der Waals surface area contributed by atoms with Crippen LogP contribution >= 0.6 is 11.3 Å². The standard InChI is InChI=1S/C12H19N3OS/c1-9-4-6-15(7-5-9)11(16)3-2-10-8-17-12(13)14-10/h8-9H,2-7H2,1H3,(H2,13,14). The molecule has 1 aromatic heterocycles. The Morgan fingerprint density at radius 2 is 2.29 bits per heavy atom. The number of nitrogens with two attached hydrogens (primary N) is 1. The molecule has 0 saturated carbocycles. The Morgan fingerprint density at radius 3 is 2.88 bits per heavy atom. The Morgan fingerprint density at radius 1 is 1.59 bits per heavy atom. The number of nitrogens with zero attached hydrogens (tertiary/aromatic N) is 2. The molecule has 1 amide bonds. The third-order valence-corrected chi connectivity index (χ3v) is 4.02. The van der Waals surface area contributed by atoms with E-state index < -0.39 is 0 Å². The molecule has 5 heteroatoms. The second-order valence-corrected chi connectivity index (χ2v) is 5.63. The minimum Gasteiger partial charge on any atom is -0.375 e. The lowest BCUT2D eigenvalue weighted by Gasteiger charge is -2.30. The summed E-state index contributed by atoms with van der Waals surface area (Å²) in [5.41, 5.74) is 6.49. The molecule has 0 aromatic carbocycles. The van der Waals surface area contributed by atoms with Gasteiger partial charge >= 0.3 is 0 Å². The van der Waals surface area contributed by atoms with Gasteiger partial charge in [-0.1, -0.05) is 6.92 Å². The summed E-state index contributed by atoms with van der Waals surface area (Å²) < 4.78 is 0. The zero-order valence-electron chi connectivity index (χ0n) is 10.2. The van der Waals surface area contributed by atoms with Gasteiger partial charge in [0.05, 0.1) is 5.69 Å². The summed E-state index contributed by atoms with van der Waals surface area (Å²) in [5, 5.41) is 2.51. The van der Waals surface area contributed by atoms with Crippen LogP contribution in [-0.2, 0) is 11.2 Å². The summed E-state index contributed by atoms with van der Waals surface area (Å²) in [4.78, 5) is 18.1. The van der Waals surface area contributed by atoms with Gasteiger partial charge in [0.2, 0.25) is 5.91 Å². The number of anilines is 1. The molecule has 0 atom stereocenters. The van der Waals surface area contributed by atoms with Crippen molar-refractivity contribution in [1.82, 2.24) is 9.88 Å². The maximum absolute atomic E-state index is 12.0. The van der Waals surface area contributed by atoms with E-state index in [2.05, 4.69) is 11.9 Å². The van der Waals surface area contributed by atoms with Crippen LogP contribution < -0.4 is 5.73 Å². The average Bonchev–Trinajstić information content (AvgIpc) is 2.73. The van der Waals surface area contributed by atoms with Gasteiger partial charge in [0.1, 0.15) is 0 Å². The largest absolute Gasteiger partial charge is 0.375 e. The molecular weight excluding hydrogens is 234 g/mol. The van der Waals surface area contributed by atoms with Gasteiger partial charge < -0.3 is 10.6 Å². The molecule has 2 heterocycles. The average molecular weight is 253 g/mol. The molecule has 2 rings (SSSR count). The van der Waals surface area contributed by atoms with Gasteiger partial charge in [-0.2, -0.15) is 0 Å². The zero-order chi connectivity index (χ0) is 12.3. The number of thiazole rings is 1. The molecular formula is C12H19N3OS. The lowest BCUT2D eigenvalue weighted by molar-refractivity contribution is -0.132. The highest BCUT2D eigenvalue weighted by atomic mass is 32.1. The Bertz CT molecular complexity index is 383. The van der Waals surface area contributed by atoms with Crippen LogP contribution in [0, 0.1) is 5.92 Å². The molecule has 0 aliphatic carbocycles. The number of aryl methyl sites for hydroxylation is 1. The SMILES string of the molecule is CC1CCN(C(=O)CCc2csc(N)n2)CC1.